The van der Waals surface area contributed by atoms with Gasteiger partial charge >= 0.3 is 0 Å². The molecule has 0 heterocycles. The lowest BCUT2D eigenvalue weighted by Crippen LogP contribution is -2.42. The normalized spacial score (nSPS) is 11.2. The molecule has 1 aromatic rings. The predicted octanol–water partition coefficient (Wildman–Crippen LogP) is 2.46. The molecule has 0 saturated carbocycles. The van der Waals surface area contributed by atoms with Gasteiger partial charge in [-0.3, -0.25) is 0 Å². The summed E-state index contributed by atoms with van der Waals surface area (Å²) in [6.45, 7) is 7.46. The molecule has 1 N–H and O–H groups in total. The highest BCUT2D eigenvalue weighted by Crippen LogP contribution is 2.20. The van der Waals surface area contributed by atoms with E-state index in [1.165, 1.54) is 0 Å². The van der Waals surface area contributed by atoms with Crippen LogP contribution in [0.4, 0.5) is 0 Å². The van der Waals surface area contributed by atoms with Crippen molar-refractivity contribution in [2.45, 2.75) is 26.3 Å². The molecule has 0 aliphatic carbocycles. The third kappa shape index (κ3) is 4.11. The molecule has 1 aromatic carbocycles. The van der Waals surface area contributed by atoms with Crippen LogP contribution in [0.3, 0.4) is 0 Å². The van der Waals surface area contributed by atoms with Crippen molar-refractivity contribution in [3.05, 3.63) is 24.3 Å². The van der Waals surface area contributed by atoms with Gasteiger partial charge in [-0.25, -0.2) is 0 Å². The van der Waals surface area contributed by atoms with E-state index in [4.69, 9.17) is 9.47 Å². The lowest BCUT2D eigenvalue weighted by molar-refractivity contribution is 0.216. The molecule has 0 amide bonds. The highest BCUT2D eigenvalue weighted by Gasteiger charge is 2.15. The van der Waals surface area contributed by atoms with E-state index in [1.807, 2.05) is 38.2 Å². The molecular formula is C13H21NO2. The Morgan fingerprint density at radius 2 is 1.81 bits per heavy atom. The largest absolute Gasteiger partial charge is 0.494 e. The summed E-state index contributed by atoms with van der Waals surface area (Å²) in [5, 5.41) is 3.20. The number of hydrogen-bond acceptors (Lipinski definition) is 3. The van der Waals surface area contributed by atoms with Crippen LogP contribution < -0.4 is 14.8 Å². The second kappa shape index (κ2) is 5.75. The fourth-order valence-electron chi connectivity index (χ4n) is 1.16. The number of nitrogens with one attached hydrogen (secondary N) is 1. The van der Waals surface area contributed by atoms with Crippen molar-refractivity contribution in [2.75, 3.05) is 20.3 Å². The number of likely N-dealkylation sites (N-methyl/N-ethyl adjacent to an activating group) is 1. The number of ether oxygens (including phenoxy) is 2. The minimum atomic E-state index is -0.0262. The van der Waals surface area contributed by atoms with Crippen LogP contribution in [0.15, 0.2) is 24.3 Å². The second-order valence-electron chi connectivity index (χ2n) is 4.33. The first-order valence-electron chi connectivity index (χ1n) is 5.62. The van der Waals surface area contributed by atoms with Gasteiger partial charge in [-0.05, 0) is 40.0 Å². The maximum atomic E-state index is 5.71. The Hall–Kier alpha value is -1.22. The van der Waals surface area contributed by atoms with Crippen molar-refractivity contribution in [3.63, 3.8) is 0 Å². The van der Waals surface area contributed by atoms with E-state index in [-0.39, 0.29) is 5.54 Å². The maximum Gasteiger partial charge on any atom is 0.123 e. The highest BCUT2D eigenvalue weighted by atomic mass is 16.5. The zero-order valence-electron chi connectivity index (χ0n) is 10.5. The summed E-state index contributed by atoms with van der Waals surface area (Å²) in [7, 11) is 1.93. The van der Waals surface area contributed by atoms with Crippen LogP contribution in [0.2, 0.25) is 0 Å². The molecular weight excluding hydrogens is 202 g/mol. The van der Waals surface area contributed by atoms with Crippen molar-refractivity contribution >= 4 is 0 Å². The number of rotatable bonds is 6. The Morgan fingerprint density at radius 3 is 2.38 bits per heavy atom. The topological polar surface area (TPSA) is 30.5 Å². The van der Waals surface area contributed by atoms with E-state index in [9.17, 15) is 0 Å². The van der Waals surface area contributed by atoms with Crippen LogP contribution in [0.25, 0.3) is 0 Å². The van der Waals surface area contributed by atoms with Gasteiger partial charge in [0.15, 0.2) is 0 Å². The van der Waals surface area contributed by atoms with E-state index in [1.54, 1.807) is 0 Å². The van der Waals surface area contributed by atoms with Gasteiger partial charge in [0.05, 0.1) is 6.61 Å². The fourth-order valence-corrected chi connectivity index (χ4v) is 1.16. The lowest BCUT2D eigenvalue weighted by Gasteiger charge is -2.24. The minimum Gasteiger partial charge on any atom is -0.494 e. The summed E-state index contributed by atoms with van der Waals surface area (Å²) in [6.07, 6.45) is 0. The van der Waals surface area contributed by atoms with Crippen LogP contribution in [0.5, 0.6) is 11.5 Å². The number of benzene rings is 1. The average molecular weight is 223 g/mol. The van der Waals surface area contributed by atoms with Gasteiger partial charge in [0, 0.05) is 11.6 Å². The SMILES string of the molecule is CCOc1cccc(OCC(C)(C)NC)c1. The monoisotopic (exact) mass is 223 g/mol. The third-order valence-electron chi connectivity index (χ3n) is 2.39. The van der Waals surface area contributed by atoms with Gasteiger partial charge in [-0.15, -0.1) is 0 Å². The van der Waals surface area contributed by atoms with Crippen LogP contribution in [0.1, 0.15) is 20.8 Å². The smallest absolute Gasteiger partial charge is 0.123 e. The van der Waals surface area contributed by atoms with Crippen LogP contribution >= 0.6 is 0 Å². The zero-order valence-corrected chi connectivity index (χ0v) is 10.5. The molecule has 0 radical (unpaired) electrons. The first kappa shape index (κ1) is 12.8. The third-order valence-corrected chi connectivity index (χ3v) is 2.39. The van der Waals surface area contributed by atoms with Gasteiger partial charge in [-0.1, -0.05) is 6.07 Å². The van der Waals surface area contributed by atoms with Gasteiger partial charge in [0.25, 0.3) is 0 Å². The molecule has 0 atom stereocenters. The van der Waals surface area contributed by atoms with Crippen LogP contribution in [-0.4, -0.2) is 25.8 Å². The predicted molar refractivity (Wildman–Crippen MR) is 66.2 cm³/mol. The standard InChI is InChI=1S/C13H21NO2/c1-5-15-11-7-6-8-12(9-11)16-10-13(2,3)14-4/h6-9,14H,5,10H2,1-4H3. The first-order valence-corrected chi connectivity index (χ1v) is 5.62. The molecule has 0 fully saturated rings. The van der Waals surface area contributed by atoms with Gasteiger partial charge < -0.3 is 14.8 Å². The molecule has 0 spiro atoms. The highest BCUT2D eigenvalue weighted by molar-refractivity contribution is 5.32. The van der Waals surface area contributed by atoms with Gasteiger partial charge in [0.2, 0.25) is 0 Å². The van der Waals surface area contributed by atoms with Crippen molar-refractivity contribution in [1.82, 2.24) is 5.32 Å². The Kier molecular flexibility index (Phi) is 4.62. The number of hydrogen-bond donors (Lipinski definition) is 1. The summed E-state index contributed by atoms with van der Waals surface area (Å²) in [4.78, 5) is 0. The van der Waals surface area contributed by atoms with Crippen LogP contribution in [0, 0.1) is 0 Å². The molecule has 1 rings (SSSR count). The summed E-state index contributed by atoms with van der Waals surface area (Å²) in [6, 6.07) is 7.72. The van der Waals surface area contributed by atoms with Crippen molar-refractivity contribution in [3.8, 4) is 11.5 Å². The molecule has 0 unspecified atom stereocenters. The molecule has 0 aliphatic heterocycles. The van der Waals surface area contributed by atoms with Crippen molar-refractivity contribution in [1.29, 1.82) is 0 Å². The Bertz CT molecular complexity index is 323. The molecule has 0 aliphatic rings. The first-order chi connectivity index (χ1) is 7.57. The lowest BCUT2D eigenvalue weighted by atomic mass is 10.1. The molecule has 3 heteroatoms. The van der Waals surface area contributed by atoms with Crippen molar-refractivity contribution < 1.29 is 9.47 Å². The minimum absolute atomic E-state index is 0.0262. The molecule has 3 nitrogen and oxygen atoms in total. The van der Waals surface area contributed by atoms with E-state index in [2.05, 4.69) is 19.2 Å². The Balaban J connectivity index is 2.57. The molecule has 0 aromatic heterocycles. The van der Waals surface area contributed by atoms with Gasteiger partial charge in [-0.2, -0.15) is 0 Å². The zero-order chi connectivity index (χ0) is 12.0. The average Bonchev–Trinajstić information content (AvgIpc) is 2.28. The summed E-state index contributed by atoms with van der Waals surface area (Å²) >= 11 is 0. The van der Waals surface area contributed by atoms with Crippen molar-refractivity contribution in [2.24, 2.45) is 0 Å². The summed E-state index contributed by atoms with van der Waals surface area (Å²) < 4.78 is 11.1. The fraction of sp³-hybridized carbons (Fsp3) is 0.538. The molecule has 90 valence electrons. The van der Waals surface area contributed by atoms with E-state index < -0.39 is 0 Å². The molecule has 0 saturated heterocycles. The second-order valence-corrected chi connectivity index (χ2v) is 4.33. The molecule has 0 bridgehead atoms. The van der Waals surface area contributed by atoms with Crippen LogP contribution in [-0.2, 0) is 0 Å². The summed E-state index contributed by atoms with van der Waals surface area (Å²) in [5.41, 5.74) is -0.0262. The Labute approximate surface area is 97.8 Å². The Morgan fingerprint density at radius 1 is 1.19 bits per heavy atom. The van der Waals surface area contributed by atoms with E-state index >= 15 is 0 Å². The maximum absolute atomic E-state index is 5.71. The molecule has 16 heavy (non-hydrogen) atoms. The quantitative estimate of drug-likeness (QED) is 0.803. The van der Waals surface area contributed by atoms with Gasteiger partial charge in [0.1, 0.15) is 18.1 Å². The van der Waals surface area contributed by atoms with E-state index in [0.717, 1.165) is 11.5 Å². The van der Waals surface area contributed by atoms with E-state index in [0.29, 0.717) is 13.2 Å². The summed E-state index contributed by atoms with van der Waals surface area (Å²) in [5.74, 6) is 1.69.